The summed E-state index contributed by atoms with van der Waals surface area (Å²) >= 11 is 4.96. The van der Waals surface area contributed by atoms with Crippen LogP contribution in [0.1, 0.15) is 86.1 Å². The number of hydrogen-bond donors (Lipinski definition) is 0. The molecule has 338 valence electrons. The van der Waals surface area contributed by atoms with Crippen LogP contribution in [0.4, 0.5) is 0 Å². The zero-order valence-electron chi connectivity index (χ0n) is 38.3. The molecule has 73 heavy (non-hydrogen) atoms. The molecule has 13 rings (SSSR count). The average molecular weight is 985 g/mol. The van der Waals surface area contributed by atoms with E-state index in [1.165, 1.54) is 11.1 Å². The molecule has 3 heterocycles. The highest BCUT2D eigenvalue weighted by molar-refractivity contribution is 7.27. The average Bonchev–Trinajstić information content (AvgIpc) is 4.32. The lowest BCUT2D eigenvalue weighted by Crippen LogP contribution is -2.35. The summed E-state index contributed by atoms with van der Waals surface area (Å²) < 4.78 is 0. The monoisotopic (exact) mass is 984 g/mol. The summed E-state index contributed by atoms with van der Waals surface area (Å²) in [5.41, 5.74) is 10.2. The Labute approximate surface area is 432 Å². The summed E-state index contributed by atoms with van der Waals surface area (Å²) in [4.78, 5) is 34.6. The van der Waals surface area contributed by atoms with Crippen LogP contribution in [-0.2, 0) is 10.8 Å². The van der Waals surface area contributed by atoms with Crippen molar-refractivity contribution in [1.29, 1.82) is 21.0 Å². The Morgan fingerprint density at radius 2 is 0.685 bits per heavy atom. The van der Waals surface area contributed by atoms with Crippen LogP contribution in [-0.4, -0.2) is 11.6 Å². The molecule has 0 saturated heterocycles. The molecule has 4 aliphatic rings. The third-order valence-electron chi connectivity index (χ3n) is 14.6. The number of carbonyl (C=O) groups excluding carboxylic acids is 2. The molecule has 0 amide bonds. The third-order valence-corrected chi connectivity index (χ3v) is 18.3. The summed E-state index contributed by atoms with van der Waals surface area (Å²) in [6.45, 7) is 0. The van der Waals surface area contributed by atoms with Crippen molar-refractivity contribution in [2.75, 3.05) is 0 Å². The molecule has 0 atom stereocenters. The smallest absolute Gasteiger partial charge is 0.194 e. The van der Waals surface area contributed by atoms with Crippen molar-refractivity contribution >= 4 is 68.9 Å². The van der Waals surface area contributed by atoms with Gasteiger partial charge in [-0.1, -0.05) is 170 Å². The van der Waals surface area contributed by atoms with Crippen molar-refractivity contribution in [3.05, 3.63) is 281 Å². The molecule has 9 heteroatoms. The van der Waals surface area contributed by atoms with Crippen molar-refractivity contribution in [2.45, 2.75) is 10.8 Å². The number of nitrogens with zero attached hydrogens (tertiary/aromatic N) is 4. The van der Waals surface area contributed by atoms with E-state index in [9.17, 15) is 30.6 Å². The van der Waals surface area contributed by atoms with E-state index in [0.717, 1.165) is 62.6 Å². The van der Waals surface area contributed by atoms with Gasteiger partial charge in [-0.05, 0) is 79.9 Å². The number of nitriles is 4. The molecule has 6 nitrogen and oxygen atoms in total. The van der Waals surface area contributed by atoms with Gasteiger partial charge in [0.05, 0.1) is 30.3 Å². The number of ketones is 2. The van der Waals surface area contributed by atoms with Gasteiger partial charge >= 0.3 is 0 Å². The van der Waals surface area contributed by atoms with Gasteiger partial charge in [0, 0.05) is 43.2 Å². The first-order valence-corrected chi connectivity index (χ1v) is 25.8. The Kier molecular flexibility index (Phi) is 9.96. The molecule has 0 N–H and O–H groups in total. The minimum atomic E-state index is -0.878. The molecule has 0 saturated carbocycles. The molecule has 0 fully saturated rings. The maximum absolute atomic E-state index is 14.3. The first kappa shape index (κ1) is 43.7. The lowest BCUT2D eigenvalue weighted by Gasteiger charge is -2.39. The molecule has 0 bridgehead atoms. The standard InChI is InChI=1S/C64H32N4O2S3/c65-33-37(34-66)53-45-25-13-15-27-47(45)57(69)49(53)29-43-31-51-59(71-43)61-55(63(51,39-17-5-1-6-18-39)40-19-7-2-8-20-40)56-62(73-61)60-52(64(56,41-21-9-3-10-22-41)42-23-11-4-12-24-42)32-44(72-60)30-50-54(38(35-67)36-68)46-26-14-16-28-48(46)58(50)70/h1-32H/b49-29-,50-30-. The lowest BCUT2D eigenvalue weighted by atomic mass is 9.61. The van der Waals surface area contributed by atoms with E-state index in [1.807, 2.05) is 48.6 Å². The summed E-state index contributed by atoms with van der Waals surface area (Å²) in [5, 5.41) is 40.8. The van der Waals surface area contributed by atoms with Gasteiger partial charge in [-0.15, -0.1) is 34.0 Å². The number of Topliss-reactive ketones (excluding diaryl/α,β-unsaturated/α-hetero) is 2. The van der Waals surface area contributed by atoms with Crippen LogP contribution >= 0.6 is 34.0 Å². The molecule has 0 unspecified atom stereocenters. The molecule has 0 radical (unpaired) electrons. The third kappa shape index (κ3) is 5.97. The number of allylic oxidation sites excluding steroid dienone is 6. The van der Waals surface area contributed by atoms with Crippen molar-refractivity contribution in [3.63, 3.8) is 0 Å². The van der Waals surface area contributed by atoms with Crippen molar-refractivity contribution < 1.29 is 9.59 Å². The lowest BCUT2D eigenvalue weighted by molar-refractivity contribution is 0.103. The van der Waals surface area contributed by atoms with Gasteiger partial charge in [0.1, 0.15) is 35.4 Å². The summed E-state index contributed by atoms with van der Waals surface area (Å²) in [6.07, 6.45) is 3.73. The zero-order chi connectivity index (χ0) is 49.6. The minimum Gasteiger partial charge on any atom is -0.289 e. The summed E-state index contributed by atoms with van der Waals surface area (Å²) in [7, 11) is 0. The van der Waals surface area contributed by atoms with Crippen LogP contribution in [0.25, 0.3) is 42.8 Å². The quantitative estimate of drug-likeness (QED) is 0.120. The SMILES string of the molecule is N#CC(C#N)=C1/C(=C/c2cc3c(s2)-c2sc4c(c2C3(c2ccccc2)c2ccccc2)C(c2ccccc2)(c2ccccc2)c2cc(/C=C3\C(=O)c5ccccc5C3=C(C#N)C#N)sc2-4)C(=O)c2ccccc21. The highest BCUT2D eigenvalue weighted by Gasteiger charge is 2.58. The Morgan fingerprint density at radius 3 is 1.00 bits per heavy atom. The second kappa shape index (κ2) is 16.6. The molecule has 0 spiro atoms. The fourth-order valence-electron chi connectivity index (χ4n) is 11.9. The first-order valence-electron chi connectivity index (χ1n) is 23.4. The number of fused-ring (bicyclic) bond motifs is 9. The predicted octanol–water partition coefficient (Wildman–Crippen LogP) is 14.8. The topological polar surface area (TPSA) is 129 Å². The highest BCUT2D eigenvalue weighted by atomic mass is 32.1. The van der Waals surface area contributed by atoms with Gasteiger partial charge in [-0.25, -0.2) is 0 Å². The molecular weight excluding hydrogens is 953 g/mol. The van der Waals surface area contributed by atoms with Crippen LogP contribution in [0.3, 0.4) is 0 Å². The maximum Gasteiger partial charge on any atom is 0.194 e. The van der Waals surface area contributed by atoms with Gasteiger partial charge in [0.2, 0.25) is 0 Å². The van der Waals surface area contributed by atoms with Crippen LogP contribution in [0, 0.1) is 45.3 Å². The molecule has 6 aromatic carbocycles. The zero-order valence-corrected chi connectivity index (χ0v) is 40.8. The number of thiophene rings is 3. The van der Waals surface area contributed by atoms with E-state index in [4.69, 9.17) is 0 Å². The molecular formula is C64H32N4O2S3. The number of carbonyl (C=O) groups is 2. The molecule has 9 aromatic rings. The second-order valence-electron chi connectivity index (χ2n) is 18.1. The summed E-state index contributed by atoms with van der Waals surface area (Å²) in [6, 6.07) is 69.5. The van der Waals surface area contributed by atoms with E-state index >= 15 is 0 Å². The van der Waals surface area contributed by atoms with Gasteiger partial charge in [0.15, 0.2) is 11.6 Å². The predicted molar refractivity (Wildman–Crippen MR) is 288 cm³/mol. The largest absolute Gasteiger partial charge is 0.289 e. The maximum atomic E-state index is 14.3. The van der Waals surface area contributed by atoms with Crippen molar-refractivity contribution in [3.8, 4) is 43.8 Å². The van der Waals surface area contributed by atoms with E-state index in [-0.39, 0.29) is 22.7 Å². The van der Waals surface area contributed by atoms with E-state index in [0.29, 0.717) is 44.5 Å². The van der Waals surface area contributed by atoms with Gasteiger partial charge in [0.25, 0.3) is 0 Å². The number of benzene rings is 6. The molecule has 0 aliphatic heterocycles. The number of rotatable bonds is 6. The van der Waals surface area contributed by atoms with Crippen LogP contribution in [0.5, 0.6) is 0 Å². The van der Waals surface area contributed by atoms with Crippen molar-refractivity contribution in [2.24, 2.45) is 0 Å². The Hall–Kier alpha value is -9.32. The van der Waals surface area contributed by atoms with Crippen LogP contribution in [0.15, 0.2) is 204 Å². The van der Waals surface area contributed by atoms with Gasteiger partial charge < -0.3 is 0 Å². The van der Waals surface area contributed by atoms with Crippen molar-refractivity contribution in [1.82, 2.24) is 0 Å². The van der Waals surface area contributed by atoms with E-state index < -0.39 is 10.8 Å². The normalized spacial score (nSPS) is 15.9. The van der Waals surface area contributed by atoms with E-state index in [1.54, 1.807) is 70.4 Å². The van der Waals surface area contributed by atoms with Crippen LogP contribution < -0.4 is 0 Å². The van der Waals surface area contributed by atoms with Gasteiger partial charge in [-0.2, -0.15) is 21.0 Å². The molecule has 4 aliphatic carbocycles. The fourth-order valence-corrected chi connectivity index (χ4v) is 15.9. The van der Waals surface area contributed by atoms with Gasteiger partial charge in [-0.3, -0.25) is 9.59 Å². The fraction of sp³-hybridized carbons (Fsp3) is 0.0312. The number of hydrogen-bond acceptors (Lipinski definition) is 9. The first-order chi connectivity index (χ1) is 35.9. The molecule has 3 aromatic heterocycles. The second-order valence-corrected chi connectivity index (χ2v) is 21.3. The Morgan fingerprint density at radius 1 is 0.384 bits per heavy atom. The van der Waals surface area contributed by atoms with Crippen LogP contribution in [0.2, 0.25) is 0 Å². The minimum absolute atomic E-state index is 0.113. The Balaban J connectivity index is 1.14. The highest BCUT2D eigenvalue weighted by Crippen LogP contribution is 2.71. The Bertz CT molecular complexity index is 3830. The van der Waals surface area contributed by atoms with E-state index in [2.05, 4.69) is 133 Å². The summed E-state index contributed by atoms with van der Waals surface area (Å²) in [5.74, 6) is -0.465.